The first-order valence-electron chi connectivity index (χ1n) is 6.79. The maximum Gasteiger partial charge on any atom is 0.417 e. The summed E-state index contributed by atoms with van der Waals surface area (Å²) in [5.41, 5.74) is -3.16. The Morgan fingerprint density at radius 1 is 1.19 bits per heavy atom. The largest absolute Gasteiger partial charge is 0.478 e. The molecule has 3 aromatic rings. The highest BCUT2D eigenvalue weighted by Gasteiger charge is 2.38. The number of fused-ring (bicyclic) bond motifs is 1. The molecule has 2 aromatic heterocycles. The molecular formula is C15H6ClF3IN3O3. The topological polar surface area (TPSA) is 95.9 Å². The van der Waals surface area contributed by atoms with Crippen molar-refractivity contribution in [3.8, 4) is 0 Å². The van der Waals surface area contributed by atoms with Gasteiger partial charge in [0.1, 0.15) is 14.7 Å². The molecule has 1 aromatic carbocycles. The van der Waals surface area contributed by atoms with Crippen molar-refractivity contribution in [3.63, 3.8) is 0 Å². The number of rotatable bonds is 3. The first-order chi connectivity index (χ1) is 12.1. The average molecular weight is 496 g/mol. The fourth-order valence-electron chi connectivity index (χ4n) is 2.44. The summed E-state index contributed by atoms with van der Waals surface area (Å²) in [6.07, 6.45) is -3.95. The second-order valence-corrected chi connectivity index (χ2v) is 6.56. The van der Waals surface area contributed by atoms with Crippen LogP contribution in [0.25, 0.3) is 11.0 Å². The van der Waals surface area contributed by atoms with Gasteiger partial charge in [0, 0.05) is 6.20 Å². The molecule has 0 saturated carbocycles. The van der Waals surface area contributed by atoms with Gasteiger partial charge in [-0.1, -0.05) is 17.7 Å². The number of carboxylic acids is 1. The summed E-state index contributed by atoms with van der Waals surface area (Å²) < 4.78 is 40.4. The van der Waals surface area contributed by atoms with E-state index in [1.165, 1.54) is 0 Å². The number of benzene rings is 1. The summed E-state index contributed by atoms with van der Waals surface area (Å²) in [7, 11) is 0. The number of halogens is 5. The average Bonchev–Trinajstić information content (AvgIpc) is 2.93. The summed E-state index contributed by atoms with van der Waals surface area (Å²) in [5, 5.41) is 15.2. The third-order valence-electron chi connectivity index (χ3n) is 3.53. The molecule has 6 nitrogen and oxygen atoms in total. The zero-order valence-corrected chi connectivity index (χ0v) is 15.3. The fraction of sp³-hybridized carbons (Fsp3) is 0.0667. The molecular weight excluding hydrogens is 490 g/mol. The molecule has 2 heterocycles. The molecule has 26 heavy (non-hydrogen) atoms. The molecule has 0 amide bonds. The van der Waals surface area contributed by atoms with E-state index < -0.39 is 45.2 Å². The zero-order valence-electron chi connectivity index (χ0n) is 12.4. The van der Waals surface area contributed by atoms with Gasteiger partial charge in [-0.05, 0) is 34.7 Å². The van der Waals surface area contributed by atoms with Gasteiger partial charge in [-0.25, -0.2) is 4.79 Å². The van der Waals surface area contributed by atoms with Crippen LogP contribution in [0.15, 0.2) is 24.4 Å². The van der Waals surface area contributed by atoms with Crippen LogP contribution in [0.2, 0.25) is 5.02 Å². The molecule has 0 atom stereocenters. The minimum absolute atomic E-state index is 0.146. The summed E-state index contributed by atoms with van der Waals surface area (Å²) in [6, 6.07) is 2.88. The van der Waals surface area contributed by atoms with Gasteiger partial charge in [-0.2, -0.15) is 18.3 Å². The van der Waals surface area contributed by atoms with Gasteiger partial charge in [-0.15, -0.1) is 0 Å². The minimum atomic E-state index is -4.86. The van der Waals surface area contributed by atoms with Gasteiger partial charge in [0.05, 0.1) is 27.3 Å². The van der Waals surface area contributed by atoms with Crippen LogP contribution in [0.4, 0.5) is 13.2 Å². The van der Waals surface area contributed by atoms with Crippen molar-refractivity contribution in [1.29, 1.82) is 0 Å². The highest BCUT2D eigenvalue weighted by molar-refractivity contribution is 14.1. The Morgan fingerprint density at radius 3 is 2.50 bits per heavy atom. The Kier molecular flexibility index (Phi) is 4.65. The van der Waals surface area contributed by atoms with Crippen molar-refractivity contribution in [2.45, 2.75) is 6.18 Å². The number of hydrogen-bond acceptors (Lipinski definition) is 4. The Bertz CT molecular complexity index is 1070. The fourth-order valence-corrected chi connectivity index (χ4v) is 3.21. The number of aromatic carboxylic acids is 1. The SMILES string of the molecule is O=C(O)c1cnc2c(I)[nH]nc2c1C(=O)c1c(Cl)cccc1C(F)(F)F. The molecule has 0 unspecified atom stereocenters. The maximum atomic E-state index is 13.3. The van der Waals surface area contributed by atoms with Crippen LogP contribution >= 0.6 is 34.2 Å². The highest BCUT2D eigenvalue weighted by Crippen LogP contribution is 2.37. The Labute approximate surface area is 161 Å². The predicted octanol–water partition coefficient (Wildman–Crippen LogP) is 4.16. The molecule has 0 fully saturated rings. The van der Waals surface area contributed by atoms with Crippen molar-refractivity contribution in [2.75, 3.05) is 0 Å². The molecule has 0 aliphatic carbocycles. The molecule has 0 saturated heterocycles. The van der Waals surface area contributed by atoms with Gasteiger partial charge < -0.3 is 5.11 Å². The van der Waals surface area contributed by atoms with Crippen LogP contribution in [-0.2, 0) is 6.18 Å². The van der Waals surface area contributed by atoms with Crippen molar-refractivity contribution < 1.29 is 27.9 Å². The first kappa shape index (κ1) is 18.6. The summed E-state index contributed by atoms with van der Waals surface area (Å²) in [4.78, 5) is 28.3. The maximum absolute atomic E-state index is 13.3. The molecule has 3 rings (SSSR count). The standard InChI is InChI=1S/C15H6ClF3IN3O3/c16-7-3-1-2-6(15(17,18)19)9(7)12(24)8-5(14(25)26)4-21-11-10(8)22-23-13(11)20/h1-4H,(H,22,23)(H,25,26). The number of pyridine rings is 1. The molecule has 134 valence electrons. The number of nitrogens with zero attached hydrogens (tertiary/aromatic N) is 2. The second-order valence-electron chi connectivity index (χ2n) is 5.08. The van der Waals surface area contributed by atoms with Crippen molar-refractivity contribution in [1.82, 2.24) is 15.2 Å². The highest BCUT2D eigenvalue weighted by atomic mass is 127. The van der Waals surface area contributed by atoms with Gasteiger partial charge in [0.15, 0.2) is 5.78 Å². The third-order valence-corrected chi connectivity index (χ3v) is 4.60. The Morgan fingerprint density at radius 2 is 1.88 bits per heavy atom. The van der Waals surface area contributed by atoms with E-state index in [1.807, 2.05) is 22.6 Å². The van der Waals surface area contributed by atoms with Gasteiger partial charge in [0.2, 0.25) is 0 Å². The van der Waals surface area contributed by atoms with Crippen LogP contribution in [0.3, 0.4) is 0 Å². The van der Waals surface area contributed by atoms with E-state index >= 15 is 0 Å². The van der Waals surface area contributed by atoms with E-state index in [1.54, 1.807) is 0 Å². The number of hydrogen-bond donors (Lipinski definition) is 2. The monoisotopic (exact) mass is 495 g/mol. The summed E-state index contributed by atoms with van der Waals surface area (Å²) in [5.74, 6) is -2.73. The number of carbonyl (C=O) groups is 2. The van der Waals surface area contributed by atoms with Gasteiger partial charge >= 0.3 is 12.1 Å². The third kappa shape index (κ3) is 3.03. The number of aromatic nitrogens is 3. The summed E-state index contributed by atoms with van der Waals surface area (Å²) in [6.45, 7) is 0. The van der Waals surface area contributed by atoms with Gasteiger partial charge in [-0.3, -0.25) is 14.9 Å². The number of alkyl halides is 3. The van der Waals surface area contributed by atoms with E-state index in [-0.39, 0.29) is 11.0 Å². The molecule has 2 N–H and O–H groups in total. The van der Waals surface area contributed by atoms with Crippen molar-refractivity contribution in [2.24, 2.45) is 0 Å². The van der Waals surface area contributed by atoms with Crippen LogP contribution in [0.1, 0.15) is 31.8 Å². The summed E-state index contributed by atoms with van der Waals surface area (Å²) >= 11 is 7.67. The van der Waals surface area contributed by atoms with Crippen LogP contribution in [0, 0.1) is 3.70 Å². The number of carboxylic acid groups (broad SMARTS) is 1. The zero-order chi connectivity index (χ0) is 19.2. The predicted molar refractivity (Wildman–Crippen MR) is 93.5 cm³/mol. The Balaban J connectivity index is 2.37. The van der Waals surface area contributed by atoms with Gasteiger partial charge in [0.25, 0.3) is 0 Å². The lowest BCUT2D eigenvalue weighted by Gasteiger charge is -2.14. The normalized spacial score (nSPS) is 11.7. The number of nitrogens with one attached hydrogen (secondary N) is 1. The molecule has 0 bridgehead atoms. The number of carbonyl (C=O) groups excluding carboxylic acids is 1. The van der Waals surface area contributed by atoms with E-state index in [2.05, 4.69) is 15.2 Å². The van der Waals surface area contributed by atoms with Crippen molar-refractivity contribution in [3.05, 3.63) is 55.4 Å². The lowest BCUT2D eigenvalue weighted by Crippen LogP contribution is -2.17. The Hall–Kier alpha value is -2.21. The lowest BCUT2D eigenvalue weighted by atomic mass is 9.94. The van der Waals surface area contributed by atoms with Crippen LogP contribution < -0.4 is 0 Å². The molecule has 0 spiro atoms. The first-order valence-corrected chi connectivity index (χ1v) is 8.25. The molecule has 0 aliphatic heterocycles. The molecule has 0 aliphatic rings. The number of aromatic amines is 1. The molecule has 0 radical (unpaired) electrons. The van der Waals surface area contributed by atoms with Crippen LogP contribution in [-0.4, -0.2) is 32.0 Å². The van der Waals surface area contributed by atoms with E-state index in [4.69, 9.17) is 11.6 Å². The number of H-pyrrole nitrogens is 1. The van der Waals surface area contributed by atoms with E-state index in [9.17, 15) is 27.9 Å². The van der Waals surface area contributed by atoms with E-state index in [0.717, 1.165) is 18.3 Å². The quantitative estimate of drug-likeness (QED) is 0.420. The van der Waals surface area contributed by atoms with Crippen molar-refractivity contribution >= 4 is 57.0 Å². The lowest BCUT2D eigenvalue weighted by molar-refractivity contribution is -0.137. The second kappa shape index (κ2) is 6.50. The number of ketones is 1. The molecule has 11 heteroatoms. The minimum Gasteiger partial charge on any atom is -0.478 e. The smallest absolute Gasteiger partial charge is 0.417 e. The van der Waals surface area contributed by atoms with Crippen LogP contribution in [0.5, 0.6) is 0 Å². The van der Waals surface area contributed by atoms with E-state index in [0.29, 0.717) is 9.77 Å².